The second-order valence-corrected chi connectivity index (χ2v) is 5.51. The predicted octanol–water partition coefficient (Wildman–Crippen LogP) is 6.09. The minimum absolute atomic E-state index is 0.612. The number of aryl methyl sites for hydroxylation is 2. The van der Waals surface area contributed by atoms with Gasteiger partial charge < -0.3 is 0 Å². The molecule has 0 heterocycles. The van der Waals surface area contributed by atoms with E-state index in [1.807, 2.05) is 36.6 Å². The van der Waals surface area contributed by atoms with Crippen LogP contribution in [0.5, 0.6) is 0 Å². The molecule has 19 heavy (non-hydrogen) atoms. The first kappa shape index (κ1) is 14.1. The highest BCUT2D eigenvalue weighted by molar-refractivity contribution is 7.98. The smallest absolute Gasteiger partial charge is 0.104 e. The average molecular weight is 291 g/mol. The minimum atomic E-state index is 0.612. The van der Waals surface area contributed by atoms with Crippen molar-refractivity contribution in [1.82, 2.24) is 0 Å². The molecule has 2 aromatic rings. The topological polar surface area (TPSA) is 24.7 Å². The second kappa shape index (κ2) is 6.22. The zero-order valence-corrected chi connectivity index (χ0v) is 12.7. The lowest BCUT2D eigenvalue weighted by Crippen LogP contribution is -1.82. The van der Waals surface area contributed by atoms with E-state index in [9.17, 15) is 0 Å². The quantitative estimate of drug-likeness (QED) is 0.495. The summed E-state index contributed by atoms with van der Waals surface area (Å²) in [4.78, 5) is 1.15. The predicted molar refractivity (Wildman–Crippen MR) is 83.3 cm³/mol. The van der Waals surface area contributed by atoms with Crippen molar-refractivity contribution >= 4 is 34.7 Å². The molecule has 0 unspecified atom stereocenters. The standard InChI is InChI=1S/C15H15ClN2S/c1-10-8-11(2)15(19-3)14(9-10)18-17-13-7-5-4-6-12(13)16/h4-9H,1-3H3. The summed E-state index contributed by atoms with van der Waals surface area (Å²) < 4.78 is 0. The van der Waals surface area contributed by atoms with E-state index < -0.39 is 0 Å². The molecule has 98 valence electrons. The molecule has 0 aromatic heterocycles. The fourth-order valence-corrected chi connectivity index (χ4v) is 2.78. The third-order valence-corrected chi connectivity index (χ3v) is 3.98. The largest absolute Gasteiger partial charge is 0.149 e. The Morgan fingerprint density at radius 3 is 2.37 bits per heavy atom. The molecule has 2 rings (SSSR count). The van der Waals surface area contributed by atoms with Gasteiger partial charge in [-0.3, -0.25) is 0 Å². The minimum Gasteiger partial charge on any atom is -0.149 e. The molecule has 0 radical (unpaired) electrons. The molecule has 2 nitrogen and oxygen atoms in total. The number of halogens is 1. The third kappa shape index (κ3) is 3.37. The van der Waals surface area contributed by atoms with E-state index in [0.717, 1.165) is 10.6 Å². The molecule has 0 aliphatic heterocycles. The SMILES string of the molecule is CSc1c(C)cc(C)cc1N=Nc1ccccc1Cl. The Morgan fingerprint density at radius 1 is 1.00 bits per heavy atom. The molecule has 0 amide bonds. The number of rotatable bonds is 3. The highest BCUT2D eigenvalue weighted by Gasteiger charge is 2.06. The van der Waals surface area contributed by atoms with Crippen molar-refractivity contribution in [2.24, 2.45) is 10.2 Å². The molecule has 0 fully saturated rings. The van der Waals surface area contributed by atoms with E-state index in [1.54, 1.807) is 11.8 Å². The van der Waals surface area contributed by atoms with Gasteiger partial charge in [-0.1, -0.05) is 29.8 Å². The molecule has 0 atom stereocenters. The number of nitrogens with zero attached hydrogens (tertiary/aromatic N) is 2. The van der Waals surface area contributed by atoms with Gasteiger partial charge in [0.15, 0.2) is 0 Å². The number of hydrogen-bond donors (Lipinski definition) is 0. The first-order valence-electron chi connectivity index (χ1n) is 5.93. The highest BCUT2D eigenvalue weighted by atomic mass is 35.5. The van der Waals surface area contributed by atoms with E-state index in [2.05, 4.69) is 30.1 Å². The summed E-state index contributed by atoms with van der Waals surface area (Å²) in [6.07, 6.45) is 2.05. The summed E-state index contributed by atoms with van der Waals surface area (Å²) in [5, 5.41) is 9.21. The monoisotopic (exact) mass is 290 g/mol. The molecular formula is C15H15ClN2S. The number of azo groups is 1. The van der Waals surface area contributed by atoms with Crippen LogP contribution in [-0.4, -0.2) is 6.26 Å². The Bertz CT molecular complexity index is 624. The van der Waals surface area contributed by atoms with E-state index in [4.69, 9.17) is 11.6 Å². The molecule has 0 aliphatic rings. The summed E-state index contributed by atoms with van der Waals surface area (Å²) in [5.74, 6) is 0. The summed E-state index contributed by atoms with van der Waals surface area (Å²) >= 11 is 7.75. The first-order chi connectivity index (χ1) is 9.11. The lowest BCUT2D eigenvalue weighted by Gasteiger charge is -2.07. The fraction of sp³-hybridized carbons (Fsp3) is 0.200. The third-order valence-electron chi connectivity index (χ3n) is 2.72. The van der Waals surface area contributed by atoms with Crippen LogP contribution in [0.3, 0.4) is 0 Å². The van der Waals surface area contributed by atoms with Gasteiger partial charge in [0.1, 0.15) is 5.69 Å². The van der Waals surface area contributed by atoms with E-state index in [-0.39, 0.29) is 0 Å². The van der Waals surface area contributed by atoms with Crippen molar-refractivity contribution in [3.63, 3.8) is 0 Å². The number of benzene rings is 2. The maximum atomic E-state index is 6.07. The van der Waals surface area contributed by atoms with Crippen LogP contribution in [0.25, 0.3) is 0 Å². The fourth-order valence-electron chi connectivity index (χ4n) is 1.91. The maximum Gasteiger partial charge on any atom is 0.104 e. The van der Waals surface area contributed by atoms with Crippen LogP contribution in [0.1, 0.15) is 11.1 Å². The molecular weight excluding hydrogens is 276 g/mol. The maximum absolute atomic E-state index is 6.07. The van der Waals surface area contributed by atoms with Gasteiger partial charge in [0, 0.05) is 4.90 Å². The molecule has 0 bridgehead atoms. The van der Waals surface area contributed by atoms with Crippen molar-refractivity contribution in [2.45, 2.75) is 18.7 Å². The van der Waals surface area contributed by atoms with Gasteiger partial charge in [-0.25, -0.2) is 0 Å². The van der Waals surface area contributed by atoms with Gasteiger partial charge in [-0.2, -0.15) is 0 Å². The molecule has 0 saturated carbocycles. The number of thioether (sulfide) groups is 1. The van der Waals surface area contributed by atoms with Crippen LogP contribution in [0, 0.1) is 13.8 Å². The van der Waals surface area contributed by atoms with Gasteiger partial charge >= 0.3 is 0 Å². The van der Waals surface area contributed by atoms with Gasteiger partial charge in [0.2, 0.25) is 0 Å². The van der Waals surface area contributed by atoms with E-state index >= 15 is 0 Å². The van der Waals surface area contributed by atoms with Crippen molar-refractivity contribution < 1.29 is 0 Å². The summed E-state index contributed by atoms with van der Waals surface area (Å²) in [6, 6.07) is 11.6. The van der Waals surface area contributed by atoms with Crippen LogP contribution in [-0.2, 0) is 0 Å². The van der Waals surface area contributed by atoms with Crippen molar-refractivity contribution in [2.75, 3.05) is 6.26 Å². The van der Waals surface area contributed by atoms with Crippen LogP contribution >= 0.6 is 23.4 Å². The Hall–Kier alpha value is -1.32. The van der Waals surface area contributed by atoms with Crippen LogP contribution in [0.2, 0.25) is 5.02 Å². The summed E-state index contributed by atoms with van der Waals surface area (Å²) in [7, 11) is 0. The van der Waals surface area contributed by atoms with Gasteiger partial charge in [-0.15, -0.1) is 22.0 Å². The zero-order chi connectivity index (χ0) is 13.8. The van der Waals surface area contributed by atoms with Crippen molar-refractivity contribution in [3.05, 3.63) is 52.5 Å². The van der Waals surface area contributed by atoms with Crippen molar-refractivity contribution in [1.29, 1.82) is 0 Å². The molecule has 0 saturated heterocycles. The Kier molecular flexibility index (Phi) is 4.61. The Morgan fingerprint density at radius 2 is 1.68 bits per heavy atom. The highest BCUT2D eigenvalue weighted by Crippen LogP contribution is 2.34. The molecule has 0 N–H and O–H groups in total. The number of hydrogen-bond acceptors (Lipinski definition) is 3. The Labute approximate surface area is 122 Å². The summed E-state index contributed by atoms with van der Waals surface area (Å²) in [5.41, 5.74) is 3.99. The lowest BCUT2D eigenvalue weighted by molar-refractivity contribution is 1.16. The van der Waals surface area contributed by atoms with Gasteiger partial charge in [-0.05, 0) is 49.4 Å². The molecule has 4 heteroatoms. The second-order valence-electron chi connectivity index (χ2n) is 4.29. The molecule has 2 aromatic carbocycles. The molecule has 0 aliphatic carbocycles. The van der Waals surface area contributed by atoms with Crippen LogP contribution in [0.4, 0.5) is 11.4 Å². The van der Waals surface area contributed by atoms with Crippen molar-refractivity contribution in [3.8, 4) is 0 Å². The lowest BCUT2D eigenvalue weighted by atomic mass is 10.1. The van der Waals surface area contributed by atoms with Crippen LogP contribution in [0.15, 0.2) is 51.5 Å². The molecule has 0 spiro atoms. The van der Waals surface area contributed by atoms with E-state index in [1.165, 1.54) is 11.1 Å². The average Bonchev–Trinajstić information content (AvgIpc) is 2.37. The summed E-state index contributed by atoms with van der Waals surface area (Å²) in [6.45, 7) is 4.15. The van der Waals surface area contributed by atoms with Crippen LogP contribution < -0.4 is 0 Å². The normalized spacial score (nSPS) is 11.2. The van der Waals surface area contributed by atoms with Gasteiger partial charge in [0.05, 0.1) is 10.7 Å². The van der Waals surface area contributed by atoms with E-state index in [0.29, 0.717) is 10.7 Å². The first-order valence-corrected chi connectivity index (χ1v) is 7.53. The Balaban J connectivity index is 2.41. The zero-order valence-electron chi connectivity index (χ0n) is 11.1. The van der Waals surface area contributed by atoms with Gasteiger partial charge in [0.25, 0.3) is 0 Å².